The number of hydrogen-bond acceptors (Lipinski definition) is 4. The molecule has 1 aliphatic heterocycles. The van der Waals surface area contributed by atoms with Crippen molar-refractivity contribution in [3.05, 3.63) is 29.3 Å². The zero-order valence-electron chi connectivity index (χ0n) is 11.3. The highest BCUT2D eigenvalue weighted by atomic mass is 16.5. The van der Waals surface area contributed by atoms with E-state index in [0.717, 1.165) is 17.7 Å². The lowest BCUT2D eigenvalue weighted by Crippen LogP contribution is -2.38. The Bertz CT molecular complexity index is 474. The van der Waals surface area contributed by atoms with Crippen LogP contribution in [0.1, 0.15) is 23.6 Å². The molecule has 104 valence electrons. The van der Waals surface area contributed by atoms with E-state index in [1.807, 2.05) is 31.1 Å². The zero-order chi connectivity index (χ0) is 14.0. The predicted molar refractivity (Wildman–Crippen MR) is 72.3 cm³/mol. The molecule has 1 aromatic carbocycles. The molecule has 5 nitrogen and oxygen atoms in total. The van der Waals surface area contributed by atoms with Gasteiger partial charge in [0.1, 0.15) is 5.75 Å². The maximum atomic E-state index is 10.8. The Balaban J connectivity index is 2.26. The van der Waals surface area contributed by atoms with Crippen LogP contribution in [-0.4, -0.2) is 42.7 Å². The normalized spacial score (nSPS) is 16.8. The summed E-state index contributed by atoms with van der Waals surface area (Å²) in [7, 11) is 3.83. The average Bonchev–Trinajstić information content (AvgIpc) is 2.74. The number of benzene rings is 1. The van der Waals surface area contributed by atoms with E-state index in [0.29, 0.717) is 6.61 Å². The molecular formula is C14H20N2O3. The first-order chi connectivity index (χ1) is 8.99. The third-order valence-corrected chi connectivity index (χ3v) is 3.43. The molecule has 5 heteroatoms. The highest BCUT2D eigenvalue weighted by Crippen LogP contribution is 2.31. The molecule has 0 amide bonds. The van der Waals surface area contributed by atoms with Gasteiger partial charge in [-0.2, -0.15) is 0 Å². The van der Waals surface area contributed by atoms with Crippen molar-refractivity contribution >= 4 is 5.97 Å². The van der Waals surface area contributed by atoms with Crippen molar-refractivity contribution in [2.75, 3.05) is 20.7 Å². The first-order valence-electron chi connectivity index (χ1n) is 6.38. The van der Waals surface area contributed by atoms with E-state index in [2.05, 4.69) is 6.07 Å². The van der Waals surface area contributed by atoms with Gasteiger partial charge in [0.25, 0.3) is 0 Å². The van der Waals surface area contributed by atoms with Gasteiger partial charge in [0.05, 0.1) is 13.0 Å². The van der Waals surface area contributed by atoms with Crippen molar-refractivity contribution in [2.45, 2.75) is 24.9 Å². The van der Waals surface area contributed by atoms with Gasteiger partial charge in [-0.05, 0) is 31.3 Å². The maximum Gasteiger partial charge on any atom is 0.304 e. The van der Waals surface area contributed by atoms with Crippen LogP contribution in [0.25, 0.3) is 0 Å². The minimum Gasteiger partial charge on any atom is -0.493 e. The van der Waals surface area contributed by atoms with Crippen LogP contribution in [-0.2, 0) is 11.2 Å². The molecule has 0 spiro atoms. The summed E-state index contributed by atoms with van der Waals surface area (Å²) in [5.41, 5.74) is 8.26. The molecule has 0 bridgehead atoms. The molecule has 3 N–H and O–H groups in total. The molecule has 0 aromatic heterocycles. The summed E-state index contributed by atoms with van der Waals surface area (Å²) < 4.78 is 5.48. The molecule has 0 fully saturated rings. The topological polar surface area (TPSA) is 75.8 Å². The number of hydrogen-bond donors (Lipinski definition) is 2. The number of aliphatic carboxylic acids is 1. The first kappa shape index (κ1) is 13.8. The first-order valence-corrected chi connectivity index (χ1v) is 6.38. The number of carbonyl (C=O) groups is 1. The van der Waals surface area contributed by atoms with Crippen LogP contribution in [0.5, 0.6) is 5.75 Å². The van der Waals surface area contributed by atoms with E-state index >= 15 is 0 Å². The second-order valence-corrected chi connectivity index (χ2v) is 5.14. The number of carboxylic acid groups (broad SMARTS) is 1. The molecule has 2 unspecified atom stereocenters. The van der Waals surface area contributed by atoms with Crippen molar-refractivity contribution in [2.24, 2.45) is 5.73 Å². The fraction of sp³-hybridized carbons (Fsp3) is 0.500. The van der Waals surface area contributed by atoms with Gasteiger partial charge in [0, 0.05) is 18.5 Å². The monoisotopic (exact) mass is 264 g/mol. The third kappa shape index (κ3) is 3.05. The Morgan fingerprint density at radius 3 is 2.89 bits per heavy atom. The molecular weight excluding hydrogens is 244 g/mol. The van der Waals surface area contributed by atoms with Crippen LogP contribution in [0, 0.1) is 0 Å². The van der Waals surface area contributed by atoms with Gasteiger partial charge < -0.3 is 20.5 Å². The van der Waals surface area contributed by atoms with Crippen molar-refractivity contribution < 1.29 is 14.6 Å². The minimum atomic E-state index is -0.871. The highest BCUT2D eigenvalue weighted by molar-refractivity contribution is 5.67. The average molecular weight is 264 g/mol. The Kier molecular flexibility index (Phi) is 4.07. The van der Waals surface area contributed by atoms with E-state index in [1.165, 1.54) is 5.56 Å². The Hall–Kier alpha value is -1.59. The predicted octanol–water partition coefficient (Wildman–Crippen LogP) is 1.03. The third-order valence-electron chi connectivity index (χ3n) is 3.43. The SMILES string of the molecule is CN(C)C(c1ccc2c(c1)CCO2)C(N)CC(=O)O. The van der Waals surface area contributed by atoms with Crippen LogP contribution >= 0.6 is 0 Å². The number of rotatable bonds is 5. The second-order valence-electron chi connectivity index (χ2n) is 5.14. The van der Waals surface area contributed by atoms with Crippen molar-refractivity contribution in [1.29, 1.82) is 0 Å². The summed E-state index contributed by atoms with van der Waals surface area (Å²) in [6.45, 7) is 0.715. The molecule has 1 aromatic rings. The van der Waals surface area contributed by atoms with E-state index in [-0.39, 0.29) is 12.5 Å². The lowest BCUT2D eigenvalue weighted by molar-refractivity contribution is -0.137. The van der Waals surface area contributed by atoms with Crippen molar-refractivity contribution in [3.63, 3.8) is 0 Å². The molecule has 19 heavy (non-hydrogen) atoms. The molecule has 0 aliphatic carbocycles. The molecule has 2 atom stereocenters. The number of carboxylic acids is 1. The number of nitrogens with two attached hydrogens (primary N) is 1. The summed E-state index contributed by atoms with van der Waals surface area (Å²) in [6.07, 6.45) is 0.855. The van der Waals surface area contributed by atoms with Gasteiger partial charge in [0.15, 0.2) is 0 Å². The van der Waals surface area contributed by atoms with E-state index in [9.17, 15) is 4.79 Å². The highest BCUT2D eigenvalue weighted by Gasteiger charge is 2.25. The van der Waals surface area contributed by atoms with Crippen LogP contribution in [0.2, 0.25) is 0 Å². The number of nitrogens with zero attached hydrogens (tertiary/aromatic N) is 1. The molecule has 1 heterocycles. The fourth-order valence-corrected chi connectivity index (χ4v) is 2.63. The van der Waals surface area contributed by atoms with Gasteiger partial charge in [-0.15, -0.1) is 0 Å². The Morgan fingerprint density at radius 2 is 2.26 bits per heavy atom. The maximum absolute atomic E-state index is 10.8. The lowest BCUT2D eigenvalue weighted by Gasteiger charge is -2.30. The van der Waals surface area contributed by atoms with Crippen LogP contribution in [0.3, 0.4) is 0 Å². The largest absolute Gasteiger partial charge is 0.493 e. The molecule has 1 aliphatic rings. The van der Waals surface area contributed by atoms with Gasteiger partial charge in [-0.3, -0.25) is 4.79 Å². The van der Waals surface area contributed by atoms with Crippen molar-refractivity contribution in [3.8, 4) is 5.75 Å². The van der Waals surface area contributed by atoms with Crippen LogP contribution in [0.4, 0.5) is 0 Å². The Morgan fingerprint density at radius 1 is 1.53 bits per heavy atom. The molecule has 0 saturated heterocycles. The smallest absolute Gasteiger partial charge is 0.304 e. The molecule has 0 saturated carbocycles. The van der Waals surface area contributed by atoms with E-state index in [1.54, 1.807) is 0 Å². The molecule has 0 radical (unpaired) electrons. The van der Waals surface area contributed by atoms with Gasteiger partial charge in [0.2, 0.25) is 0 Å². The van der Waals surface area contributed by atoms with Crippen LogP contribution in [0.15, 0.2) is 18.2 Å². The second kappa shape index (κ2) is 5.59. The standard InChI is InChI=1S/C14H20N2O3/c1-16(2)14(11(15)8-13(17)18)10-3-4-12-9(7-10)5-6-19-12/h3-4,7,11,14H,5-6,8,15H2,1-2H3,(H,17,18). The minimum absolute atomic E-state index is 0.0452. The Labute approximate surface area is 113 Å². The lowest BCUT2D eigenvalue weighted by atomic mass is 9.94. The van der Waals surface area contributed by atoms with Crippen molar-refractivity contribution in [1.82, 2.24) is 4.90 Å². The fourth-order valence-electron chi connectivity index (χ4n) is 2.63. The van der Waals surface area contributed by atoms with E-state index < -0.39 is 12.0 Å². The number of likely N-dealkylation sites (N-methyl/N-ethyl adjacent to an activating group) is 1. The summed E-state index contributed by atoms with van der Waals surface area (Å²) in [5.74, 6) is 0.0527. The summed E-state index contributed by atoms with van der Waals surface area (Å²) in [4.78, 5) is 12.8. The zero-order valence-corrected chi connectivity index (χ0v) is 11.3. The van der Waals surface area contributed by atoms with Gasteiger partial charge >= 0.3 is 5.97 Å². The number of fused-ring (bicyclic) bond motifs is 1. The van der Waals surface area contributed by atoms with Gasteiger partial charge in [-0.25, -0.2) is 0 Å². The van der Waals surface area contributed by atoms with E-state index in [4.69, 9.17) is 15.6 Å². The summed E-state index contributed by atoms with van der Waals surface area (Å²) >= 11 is 0. The summed E-state index contributed by atoms with van der Waals surface area (Å²) in [5, 5.41) is 8.90. The number of ether oxygens (including phenoxy) is 1. The quantitative estimate of drug-likeness (QED) is 0.830. The molecule has 2 rings (SSSR count). The van der Waals surface area contributed by atoms with Gasteiger partial charge in [-0.1, -0.05) is 12.1 Å². The van der Waals surface area contributed by atoms with Crippen LogP contribution < -0.4 is 10.5 Å². The summed E-state index contributed by atoms with van der Waals surface area (Å²) in [6, 6.07) is 5.45.